The van der Waals surface area contributed by atoms with Crippen molar-refractivity contribution in [3.8, 4) is 0 Å². The number of Topliss-reactive ketones (excluding diaryl/α,β-unsaturated/α-hetero) is 1. The third-order valence-electron chi connectivity index (χ3n) is 5.12. The van der Waals surface area contributed by atoms with Crippen LogP contribution in [0, 0.1) is 11.8 Å². The number of rotatable bonds is 7. The first-order valence-electron chi connectivity index (χ1n) is 8.50. The molecule has 4 rings (SSSR count). The van der Waals surface area contributed by atoms with Crippen LogP contribution in [-0.2, 0) is 16.1 Å². The summed E-state index contributed by atoms with van der Waals surface area (Å²) < 4.78 is 6.72. The highest BCUT2D eigenvalue weighted by molar-refractivity contribution is 5.91. The number of ether oxygens (including phenoxy) is 1. The molecule has 0 aliphatic carbocycles. The Morgan fingerprint density at radius 1 is 1.46 bits per heavy atom. The maximum atomic E-state index is 12.3. The van der Waals surface area contributed by atoms with Crippen LogP contribution in [0.15, 0.2) is 6.20 Å². The van der Waals surface area contributed by atoms with Gasteiger partial charge in [-0.1, -0.05) is 5.21 Å². The zero-order chi connectivity index (χ0) is 17.1. The van der Waals surface area contributed by atoms with Gasteiger partial charge in [0.15, 0.2) is 5.78 Å². The average molecular weight is 335 g/mol. The van der Waals surface area contributed by atoms with Gasteiger partial charge in [-0.25, -0.2) is 0 Å². The van der Waals surface area contributed by atoms with E-state index < -0.39 is 0 Å². The van der Waals surface area contributed by atoms with Gasteiger partial charge in [0.25, 0.3) is 0 Å². The highest BCUT2D eigenvalue weighted by Gasteiger charge is 2.43. The van der Waals surface area contributed by atoms with E-state index in [1.807, 2.05) is 0 Å². The number of nitrogens with one attached hydrogen (secondary N) is 1. The van der Waals surface area contributed by atoms with Gasteiger partial charge in [0.05, 0.1) is 25.3 Å². The highest BCUT2D eigenvalue weighted by Crippen LogP contribution is 2.36. The number of aromatic nitrogens is 3. The Morgan fingerprint density at radius 2 is 2.29 bits per heavy atom. The molecule has 1 amide bonds. The number of amides is 1. The van der Waals surface area contributed by atoms with E-state index >= 15 is 0 Å². The van der Waals surface area contributed by atoms with E-state index in [4.69, 9.17) is 4.74 Å². The Balaban J connectivity index is 1.56. The lowest BCUT2D eigenvalue weighted by Gasteiger charge is -2.49. The van der Waals surface area contributed by atoms with Crippen molar-refractivity contribution in [3.05, 3.63) is 11.9 Å². The molecule has 8 heteroatoms. The predicted octanol–water partition coefficient (Wildman–Crippen LogP) is -0.0463. The molecule has 1 aromatic heterocycles. The fourth-order valence-electron chi connectivity index (χ4n) is 3.80. The van der Waals surface area contributed by atoms with Crippen LogP contribution in [0.4, 0.5) is 0 Å². The maximum Gasteiger partial charge on any atom is 0.224 e. The van der Waals surface area contributed by atoms with Crippen LogP contribution in [0.5, 0.6) is 0 Å². The van der Waals surface area contributed by atoms with E-state index in [0.29, 0.717) is 30.8 Å². The van der Waals surface area contributed by atoms with Gasteiger partial charge in [-0.3, -0.25) is 19.2 Å². The Kier molecular flexibility index (Phi) is 5.25. The van der Waals surface area contributed by atoms with Crippen molar-refractivity contribution in [2.75, 3.05) is 33.4 Å². The normalized spacial score (nSPS) is 28.8. The van der Waals surface area contributed by atoms with E-state index in [1.54, 1.807) is 18.0 Å². The molecule has 1 unspecified atom stereocenters. The summed E-state index contributed by atoms with van der Waals surface area (Å²) in [6, 6.07) is 0.355. The lowest BCUT2D eigenvalue weighted by molar-refractivity contribution is -0.133. The zero-order valence-corrected chi connectivity index (χ0v) is 14.3. The summed E-state index contributed by atoms with van der Waals surface area (Å²) in [5.41, 5.74) is 0.404. The fourth-order valence-corrected chi connectivity index (χ4v) is 3.80. The number of carbonyl (C=O) groups is 2. The number of hydrogen-bond donors (Lipinski definition) is 1. The minimum absolute atomic E-state index is 0.0652. The lowest BCUT2D eigenvalue weighted by Crippen LogP contribution is -2.58. The van der Waals surface area contributed by atoms with Crippen LogP contribution in [0.3, 0.4) is 0 Å². The molecule has 4 atom stereocenters. The molecule has 3 saturated heterocycles. The number of piperidine rings is 3. The lowest BCUT2D eigenvalue weighted by atomic mass is 9.75. The first-order chi connectivity index (χ1) is 11.6. The summed E-state index contributed by atoms with van der Waals surface area (Å²) in [5.74, 6) is 0.549. The van der Waals surface area contributed by atoms with Crippen LogP contribution in [0.1, 0.15) is 30.3 Å². The largest absolute Gasteiger partial charge is 0.383 e. The highest BCUT2D eigenvalue weighted by atomic mass is 16.5. The Bertz CT molecular complexity index is 602. The molecule has 1 aromatic rings. The van der Waals surface area contributed by atoms with E-state index in [0.717, 1.165) is 32.5 Å². The van der Waals surface area contributed by atoms with E-state index in [2.05, 4.69) is 20.5 Å². The average Bonchev–Trinajstić information content (AvgIpc) is 3.04. The molecule has 0 aromatic carbocycles. The van der Waals surface area contributed by atoms with Crippen molar-refractivity contribution in [2.45, 2.75) is 32.4 Å². The Labute approximate surface area is 141 Å². The Morgan fingerprint density at radius 3 is 2.92 bits per heavy atom. The van der Waals surface area contributed by atoms with E-state index in [1.165, 1.54) is 6.92 Å². The third kappa shape index (κ3) is 3.64. The molecular formula is C16H25N5O3. The minimum Gasteiger partial charge on any atom is -0.383 e. The standard InChI is InChI=1S/C16H25N5O3/c1-11(22)15-10-21(19-18-15)8-13-7-12-3-5-20(13)9-14(12)16(23)17-4-6-24-2/h10,12-14H,3-9H2,1-2H3,(H,17,23)/t12-,13+,14-/m0/s1. The van der Waals surface area contributed by atoms with E-state index in [9.17, 15) is 9.59 Å². The van der Waals surface area contributed by atoms with Crippen LogP contribution in [0.25, 0.3) is 0 Å². The summed E-state index contributed by atoms with van der Waals surface area (Å²) in [6.07, 6.45) is 3.76. The van der Waals surface area contributed by atoms with Crippen molar-refractivity contribution in [3.63, 3.8) is 0 Å². The van der Waals surface area contributed by atoms with Crippen molar-refractivity contribution in [1.29, 1.82) is 0 Å². The van der Waals surface area contributed by atoms with Crippen molar-refractivity contribution in [2.24, 2.45) is 11.8 Å². The minimum atomic E-state index is -0.0699. The third-order valence-corrected chi connectivity index (χ3v) is 5.12. The summed E-state index contributed by atoms with van der Waals surface area (Å²) >= 11 is 0. The van der Waals surface area contributed by atoms with Crippen LogP contribution in [0.2, 0.25) is 0 Å². The van der Waals surface area contributed by atoms with Gasteiger partial charge in [-0.15, -0.1) is 5.10 Å². The summed E-state index contributed by atoms with van der Waals surface area (Å²) in [7, 11) is 1.63. The topological polar surface area (TPSA) is 89.4 Å². The van der Waals surface area contributed by atoms with Gasteiger partial charge in [-0.2, -0.15) is 0 Å². The van der Waals surface area contributed by atoms with Gasteiger partial charge in [0.1, 0.15) is 5.69 Å². The van der Waals surface area contributed by atoms with Gasteiger partial charge in [0.2, 0.25) is 5.91 Å². The van der Waals surface area contributed by atoms with Gasteiger partial charge in [-0.05, 0) is 25.3 Å². The second-order valence-corrected chi connectivity index (χ2v) is 6.71. The fraction of sp³-hybridized carbons (Fsp3) is 0.750. The maximum absolute atomic E-state index is 12.3. The first kappa shape index (κ1) is 17.0. The van der Waals surface area contributed by atoms with Crippen molar-refractivity contribution >= 4 is 11.7 Å². The number of fused-ring (bicyclic) bond motifs is 3. The summed E-state index contributed by atoms with van der Waals surface area (Å²) in [6.45, 7) is 5.13. The molecule has 0 radical (unpaired) electrons. The van der Waals surface area contributed by atoms with Gasteiger partial charge < -0.3 is 10.1 Å². The zero-order valence-electron chi connectivity index (χ0n) is 14.3. The summed E-state index contributed by atoms with van der Waals surface area (Å²) in [5, 5.41) is 10.9. The molecule has 0 spiro atoms. The summed E-state index contributed by atoms with van der Waals surface area (Å²) in [4.78, 5) is 26.0. The van der Waals surface area contributed by atoms with Gasteiger partial charge in [0, 0.05) is 33.2 Å². The molecule has 132 valence electrons. The molecule has 3 aliphatic heterocycles. The number of methoxy groups -OCH3 is 1. The predicted molar refractivity (Wildman–Crippen MR) is 86.5 cm³/mol. The second-order valence-electron chi connectivity index (χ2n) is 6.71. The Hall–Kier alpha value is -1.80. The number of nitrogens with zero attached hydrogens (tertiary/aromatic N) is 4. The SMILES string of the molecule is COCCNC(=O)[C@H]1CN2CC[C@H]1C[C@@H]2Cn1cc(C(C)=O)nn1. The smallest absolute Gasteiger partial charge is 0.224 e. The van der Waals surface area contributed by atoms with Crippen LogP contribution < -0.4 is 5.32 Å². The quantitative estimate of drug-likeness (QED) is 0.555. The monoisotopic (exact) mass is 335 g/mol. The molecule has 0 saturated carbocycles. The second kappa shape index (κ2) is 7.40. The number of ketones is 1. The van der Waals surface area contributed by atoms with E-state index in [-0.39, 0.29) is 17.6 Å². The molecular weight excluding hydrogens is 310 g/mol. The molecule has 8 nitrogen and oxygen atoms in total. The van der Waals surface area contributed by atoms with Crippen molar-refractivity contribution < 1.29 is 14.3 Å². The van der Waals surface area contributed by atoms with Crippen molar-refractivity contribution in [1.82, 2.24) is 25.2 Å². The van der Waals surface area contributed by atoms with Crippen LogP contribution in [-0.4, -0.2) is 71.0 Å². The number of carbonyl (C=O) groups excluding carboxylic acids is 2. The molecule has 1 N–H and O–H groups in total. The molecule has 3 fully saturated rings. The van der Waals surface area contributed by atoms with Gasteiger partial charge >= 0.3 is 0 Å². The molecule has 24 heavy (non-hydrogen) atoms. The molecule has 3 aliphatic rings. The molecule has 2 bridgehead atoms. The molecule has 4 heterocycles. The van der Waals surface area contributed by atoms with Crippen LogP contribution >= 0.6 is 0 Å². The first-order valence-corrected chi connectivity index (χ1v) is 8.50. The number of hydrogen-bond acceptors (Lipinski definition) is 6.